The summed E-state index contributed by atoms with van der Waals surface area (Å²) in [4.78, 5) is 19.6. The molecule has 0 radical (unpaired) electrons. The molecule has 2 aromatic heterocycles. The molecule has 1 aliphatic heterocycles. The summed E-state index contributed by atoms with van der Waals surface area (Å²) in [6.45, 7) is 3.34. The van der Waals surface area contributed by atoms with Crippen LogP contribution in [-0.4, -0.2) is 59.3 Å². The van der Waals surface area contributed by atoms with Crippen molar-refractivity contribution in [2.45, 2.75) is 18.4 Å². The molecule has 4 rings (SSSR count). The van der Waals surface area contributed by atoms with Gasteiger partial charge in [0.05, 0.1) is 4.88 Å². The Morgan fingerprint density at radius 2 is 1.93 bits per heavy atom. The number of rotatable bonds is 3. The van der Waals surface area contributed by atoms with Gasteiger partial charge in [-0.25, -0.2) is 13.4 Å². The fourth-order valence-electron chi connectivity index (χ4n) is 3.36. The first-order chi connectivity index (χ1) is 13.4. The fourth-order valence-corrected chi connectivity index (χ4v) is 5.89. The molecule has 0 bridgehead atoms. The minimum Gasteiger partial charge on any atom is -0.337 e. The zero-order valence-electron chi connectivity index (χ0n) is 15.8. The van der Waals surface area contributed by atoms with Gasteiger partial charge in [0.25, 0.3) is 15.9 Å². The van der Waals surface area contributed by atoms with E-state index < -0.39 is 10.0 Å². The third kappa shape index (κ3) is 3.45. The number of hydrogen-bond donors (Lipinski definition) is 0. The van der Waals surface area contributed by atoms with Crippen LogP contribution in [0.3, 0.4) is 0 Å². The predicted molar refractivity (Wildman–Crippen MR) is 109 cm³/mol. The molecule has 0 aliphatic carbocycles. The molecule has 1 aromatic carbocycles. The van der Waals surface area contributed by atoms with Crippen molar-refractivity contribution < 1.29 is 13.2 Å². The molecule has 1 fully saturated rings. The molecule has 148 valence electrons. The molecule has 0 saturated carbocycles. The quantitative estimate of drug-likeness (QED) is 0.655. The van der Waals surface area contributed by atoms with E-state index >= 15 is 0 Å². The van der Waals surface area contributed by atoms with Gasteiger partial charge in [-0.3, -0.25) is 4.79 Å². The van der Waals surface area contributed by atoms with Gasteiger partial charge < -0.3 is 9.47 Å². The summed E-state index contributed by atoms with van der Waals surface area (Å²) in [5.41, 5.74) is 0. The molecule has 1 saturated heterocycles. The molecule has 3 aromatic rings. The Morgan fingerprint density at radius 3 is 2.64 bits per heavy atom. The molecular formula is C19H22N4O3S2. The number of aryl methyl sites for hydroxylation is 2. The molecule has 0 N–H and O–H groups in total. The molecule has 1 aliphatic rings. The van der Waals surface area contributed by atoms with Crippen molar-refractivity contribution in [3.63, 3.8) is 0 Å². The van der Waals surface area contributed by atoms with Gasteiger partial charge in [0, 0.05) is 44.1 Å². The third-order valence-electron chi connectivity index (χ3n) is 5.07. The van der Waals surface area contributed by atoms with Crippen LogP contribution in [0.25, 0.3) is 10.1 Å². The second-order valence-electron chi connectivity index (χ2n) is 6.94. The van der Waals surface area contributed by atoms with Gasteiger partial charge in [-0.1, -0.05) is 18.2 Å². The monoisotopic (exact) mass is 418 g/mol. The molecule has 28 heavy (non-hydrogen) atoms. The van der Waals surface area contributed by atoms with E-state index in [0.717, 1.165) is 10.1 Å². The van der Waals surface area contributed by atoms with Crippen molar-refractivity contribution in [3.05, 3.63) is 47.2 Å². The van der Waals surface area contributed by atoms with Gasteiger partial charge >= 0.3 is 0 Å². The van der Waals surface area contributed by atoms with Crippen LogP contribution in [0, 0.1) is 6.92 Å². The minimum absolute atomic E-state index is 0.0332. The van der Waals surface area contributed by atoms with E-state index in [9.17, 15) is 13.2 Å². The number of carbonyl (C=O) groups excluding carboxylic acids is 1. The Kier molecular flexibility index (Phi) is 4.98. The van der Waals surface area contributed by atoms with Crippen LogP contribution in [-0.2, 0) is 17.1 Å². The highest BCUT2D eigenvalue weighted by Crippen LogP contribution is 2.27. The van der Waals surface area contributed by atoms with Crippen molar-refractivity contribution in [2.75, 3.05) is 26.2 Å². The Morgan fingerprint density at radius 1 is 1.14 bits per heavy atom. The molecule has 9 heteroatoms. The predicted octanol–water partition coefficient (Wildman–Crippen LogP) is 2.48. The van der Waals surface area contributed by atoms with Crippen LogP contribution in [0.2, 0.25) is 0 Å². The maximum Gasteiger partial charge on any atom is 0.264 e. The minimum atomic E-state index is -3.66. The SMILES string of the molecule is Cc1nc(S(=O)(=O)N2CCCN(C(=O)c3cc4ccccc4s3)CC2)cn1C. The van der Waals surface area contributed by atoms with Crippen LogP contribution in [0.4, 0.5) is 0 Å². The first kappa shape index (κ1) is 19.1. The largest absolute Gasteiger partial charge is 0.337 e. The number of amides is 1. The molecule has 0 unspecified atom stereocenters. The van der Waals surface area contributed by atoms with Crippen molar-refractivity contribution in [1.82, 2.24) is 18.8 Å². The van der Waals surface area contributed by atoms with Crippen molar-refractivity contribution in [1.29, 1.82) is 0 Å². The Bertz CT molecular complexity index is 1080. The highest BCUT2D eigenvalue weighted by Gasteiger charge is 2.30. The van der Waals surface area contributed by atoms with Crippen LogP contribution in [0.5, 0.6) is 0 Å². The lowest BCUT2D eigenvalue weighted by Crippen LogP contribution is -2.37. The Hall–Kier alpha value is -2.23. The summed E-state index contributed by atoms with van der Waals surface area (Å²) in [5.74, 6) is 0.615. The molecule has 1 amide bonds. The molecule has 0 atom stereocenters. The fraction of sp³-hybridized carbons (Fsp3) is 0.368. The lowest BCUT2D eigenvalue weighted by atomic mass is 10.2. The van der Waals surface area contributed by atoms with Gasteiger partial charge in [0.15, 0.2) is 5.03 Å². The Labute approximate surface area is 168 Å². The summed E-state index contributed by atoms with van der Waals surface area (Å²) >= 11 is 1.48. The number of nitrogens with zero attached hydrogens (tertiary/aromatic N) is 4. The zero-order chi connectivity index (χ0) is 19.9. The molecule has 3 heterocycles. The van der Waals surface area contributed by atoms with Crippen molar-refractivity contribution >= 4 is 37.4 Å². The van der Waals surface area contributed by atoms with Crippen molar-refractivity contribution in [2.24, 2.45) is 7.05 Å². The average molecular weight is 419 g/mol. The van der Waals surface area contributed by atoms with E-state index in [2.05, 4.69) is 4.98 Å². The number of sulfonamides is 1. The highest BCUT2D eigenvalue weighted by atomic mass is 32.2. The maximum absolute atomic E-state index is 12.9. The summed E-state index contributed by atoms with van der Waals surface area (Å²) < 4.78 is 30.0. The number of fused-ring (bicyclic) bond motifs is 1. The van der Waals surface area contributed by atoms with Crippen LogP contribution >= 0.6 is 11.3 Å². The zero-order valence-corrected chi connectivity index (χ0v) is 17.5. The van der Waals surface area contributed by atoms with Gasteiger partial charge in [0.2, 0.25) is 0 Å². The van der Waals surface area contributed by atoms with Crippen LogP contribution < -0.4 is 0 Å². The number of benzene rings is 1. The summed E-state index contributed by atoms with van der Waals surface area (Å²) in [5, 5.41) is 1.12. The van der Waals surface area contributed by atoms with Gasteiger partial charge in [-0.05, 0) is 30.9 Å². The second kappa shape index (κ2) is 7.31. The number of hydrogen-bond acceptors (Lipinski definition) is 5. The standard InChI is InChI=1S/C19H22N4O3S2/c1-14-20-18(13-21(14)2)28(25,26)23-9-5-8-22(10-11-23)19(24)17-12-15-6-3-4-7-16(15)27-17/h3-4,6-7,12-13H,5,8-11H2,1-2H3. The number of imidazole rings is 1. The van der Waals surface area contributed by atoms with E-state index in [-0.39, 0.29) is 17.5 Å². The second-order valence-corrected chi connectivity index (χ2v) is 9.90. The third-order valence-corrected chi connectivity index (χ3v) is 7.94. The highest BCUT2D eigenvalue weighted by molar-refractivity contribution is 7.89. The van der Waals surface area contributed by atoms with E-state index in [1.54, 1.807) is 23.4 Å². The number of carbonyl (C=O) groups is 1. The normalized spacial score (nSPS) is 16.4. The first-order valence-electron chi connectivity index (χ1n) is 9.14. The van der Waals surface area contributed by atoms with Crippen molar-refractivity contribution in [3.8, 4) is 0 Å². The lowest BCUT2D eigenvalue weighted by Gasteiger charge is -2.20. The molecule has 0 spiro atoms. The lowest BCUT2D eigenvalue weighted by molar-refractivity contribution is 0.0769. The van der Waals surface area contributed by atoms with Gasteiger partial charge in [-0.2, -0.15) is 4.31 Å². The Balaban J connectivity index is 1.51. The van der Waals surface area contributed by atoms with Gasteiger partial charge in [0.1, 0.15) is 5.82 Å². The van der Waals surface area contributed by atoms with E-state index in [4.69, 9.17) is 0 Å². The number of thiophene rings is 1. The van der Waals surface area contributed by atoms with E-state index in [1.165, 1.54) is 21.8 Å². The van der Waals surface area contributed by atoms with Crippen LogP contribution in [0.1, 0.15) is 21.9 Å². The van der Waals surface area contributed by atoms with E-state index in [1.807, 2.05) is 30.3 Å². The smallest absolute Gasteiger partial charge is 0.264 e. The summed E-state index contributed by atoms with van der Waals surface area (Å²) in [6, 6.07) is 9.83. The average Bonchev–Trinajstić information content (AvgIpc) is 3.15. The topological polar surface area (TPSA) is 75.5 Å². The first-order valence-corrected chi connectivity index (χ1v) is 11.4. The van der Waals surface area contributed by atoms with Crippen LogP contribution in [0.15, 0.2) is 41.6 Å². The molecular weight excluding hydrogens is 396 g/mol. The molecule has 7 nitrogen and oxygen atoms in total. The number of aromatic nitrogens is 2. The summed E-state index contributed by atoms with van der Waals surface area (Å²) in [6.07, 6.45) is 2.14. The van der Waals surface area contributed by atoms with Gasteiger partial charge in [-0.15, -0.1) is 11.3 Å². The maximum atomic E-state index is 12.9. The summed E-state index contributed by atoms with van der Waals surface area (Å²) in [7, 11) is -1.88. The van der Waals surface area contributed by atoms with E-state index in [0.29, 0.717) is 36.8 Å².